The van der Waals surface area contributed by atoms with Crippen molar-refractivity contribution in [2.75, 3.05) is 0 Å². The van der Waals surface area contributed by atoms with E-state index in [-0.39, 0.29) is 5.78 Å². The van der Waals surface area contributed by atoms with Crippen LogP contribution in [0.3, 0.4) is 0 Å². The average molecular weight is 464 g/mol. The predicted octanol–water partition coefficient (Wildman–Crippen LogP) is 6.91. The van der Waals surface area contributed by atoms with Crippen LogP contribution in [-0.2, 0) is 5.54 Å². The lowest BCUT2D eigenvalue weighted by Gasteiger charge is -2.37. The van der Waals surface area contributed by atoms with Crippen LogP contribution in [0.2, 0.25) is 0 Å². The molecule has 0 aliphatic heterocycles. The Bertz CT molecular complexity index is 1540. The molecule has 6 aromatic rings. The molecule has 0 aliphatic rings. The zero-order valence-electron chi connectivity index (χ0n) is 19.6. The quantitative estimate of drug-likeness (QED) is 0.199. The second kappa shape index (κ2) is 9.12. The second-order valence-electron chi connectivity index (χ2n) is 8.79. The molecule has 3 heteroatoms. The van der Waals surface area contributed by atoms with E-state index in [1.165, 1.54) is 0 Å². The van der Waals surface area contributed by atoms with Crippen molar-refractivity contribution in [1.82, 2.24) is 9.55 Å². The molecule has 0 fully saturated rings. The van der Waals surface area contributed by atoms with Crippen LogP contribution >= 0.6 is 0 Å². The molecule has 0 N–H and O–H groups in total. The van der Waals surface area contributed by atoms with E-state index >= 15 is 0 Å². The molecule has 0 spiro atoms. The van der Waals surface area contributed by atoms with Gasteiger partial charge in [0.25, 0.3) is 0 Å². The van der Waals surface area contributed by atoms with E-state index in [0.29, 0.717) is 11.3 Å². The number of carbonyl (C=O) groups excluding carboxylic acids is 1. The number of imidazole rings is 1. The molecule has 0 unspecified atom stereocenters. The summed E-state index contributed by atoms with van der Waals surface area (Å²) < 4.78 is 2.07. The van der Waals surface area contributed by atoms with Gasteiger partial charge in [-0.1, -0.05) is 115 Å². The molecular weight excluding hydrogens is 440 g/mol. The molecular formula is C33H23N2O. The summed E-state index contributed by atoms with van der Waals surface area (Å²) in [7, 11) is 0. The molecule has 0 amide bonds. The summed E-state index contributed by atoms with van der Waals surface area (Å²) in [5, 5.41) is 2.06. The fraction of sp³-hybridized carbons (Fsp3) is 0.0303. The van der Waals surface area contributed by atoms with E-state index in [0.717, 1.165) is 27.5 Å². The molecule has 171 valence electrons. The van der Waals surface area contributed by atoms with Crippen LogP contribution in [0.5, 0.6) is 0 Å². The molecule has 0 aliphatic carbocycles. The zero-order chi connectivity index (χ0) is 24.4. The lowest BCUT2D eigenvalue weighted by Crippen LogP contribution is -2.37. The summed E-state index contributed by atoms with van der Waals surface area (Å²) in [6, 6.07) is 45.7. The number of aromatic nitrogens is 2. The molecule has 1 heterocycles. The first-order valence-electron chi connectivity index (χ1n) is 11.9. The van der Waals surface area contributed by atoms with Crippen LogP contribution in [0.15, 0.2) is 140 Å². The maximum atomic E-state index is 13.6. The highest BCUT2D eigenvalue weighted by Gasteiger charge is 2.38. The fourth-order valence-corrected chi connectivity index (χ4v) is 5.02. The molecule has 1 radical (unpaired) electrons. The Labute approximate surface area is 210 Å². The van der Waals surface area contributed by atoms with Gasteiger partial charge in [-0.25, -0.2) is 4.98 Å². The van der Waals surface area contributed by atoms with Crippen molar-refractivity contribution in [3.63, 3.8) is 0 Å². The molecule has 0 saturated heterocycles. The van der Waals surface area contributed by atoms with Gasteiger partial charge < -0.3 is 4.57 Å². The zero-order valence-corrected chi connectivity index (χ0v) is 19.6. The summed E-state index contributed by atoms with van der Waals surface area (Å²) in [5.74, 6) is -0.105. The van der Waals surface area contributed by atoms with Crippen molar-refractivity contribution in [2.24, 2.45) is 0 Å². The van der Waals surface area contributed by atoms with Gasteiger partial charge in [0.1, 0.15) is 11.2 Å². The highest BCUT2D eigenvalue weighted by atomic mass is 16.1. The number of rotatable bonds is 6. The summed E-state index contributed by atoms with van der Waals surface area (Å²) in [6.07, 6.45) is 3.65. The van der Waals surface area contributed by atoms with Crippen LogP contribution < -0.4 is 0 Å². The first-order chi connectivity index (χ1) is 17.8. The van der Waals surface area contributed by atoms with Crippen molar-refractivity contribution >= 4 is 16.6 Å². The minimum atomic E-state index is -0.700. The summed E-state index contributed by atoms with van der Waals surface area (Å²) >= 11 is 0. The van der Waals surface area contributed by atoms with Crippen LogP contribution in [0, 0.1) is 6.07 Å². The summed E-state index contributed by atoms with van der Waals surface area (Å²) in [4.78, 5) is 18.2. The van der Waals surface area contributed by atoms with Crippen molar-refractivity contribution in [2.45, 2.75) is 5.54 Å². The standard InChI is InChI=1S/C33H23N2O/c36-32(27-21-20-25-12-10-11-13-26(25)22-27)31-23-35(24-34-31)33(28-14-4-1-5-15-28,29-16-6-2-7-17-29)30-18-8-3-9-19-30/h1-9,11-24H. The molecule has 5 aromatic carbocycles. The topological polar surface area (TPSA) is 34.9 Å². The Balaban J connectivity index is 1.54. The summed E-state index contributed by atoms with van der Waals surface area (Å²) in [6.45, 7) is 0. The average Bonchev–Trinajstić information content (AvgIpc) is 3.45. The van der Waals surface area contributed by atoms with Gasteiger partial charge in [-0.3, -0.25) is 4.79 Å². The number of hydrogen-bond acceptors (Lipinski definition) is 2. The first kappa shape index (κ1) is 21.8. The number of fused-ring (bicyclic) bond motifs is 1. The van der Waals surface area contributed by atoms with Crippen LogP contribution in [0.25, 0.3) is 10.8 Å². The van der Waals surface area contributed by atoms with Gasteiger partial charge in [0.15, 0.2) is 0 Å². The van der Waals surface area contributed by atoms with Crippen molar-refractivity contribution in [1.29, 1.82) is 0 Å². The Morgan fingerprint density at radius 1 is 0.694 bits per heavy atom. The highest BCUT2D eigenvalue weighted by molar-refractivity contribution is 6.09. The predicted molar refractivity (Wildman–Crippen MR) is 143 cm³/mol. The lowest BCUT2D eigenvalue weighted by atomic mass is 9.77. The Morgan fingerprint density at radius 3 is 1.86 bits per heavy atom. The maximum Gasteiger partial charge on any atom is 0.212 e. The molecule has 6 rings (SSSR count). The van der Waals surface area contributed by atoms with Crippen molar-refractivity contribution < 1.29 is 4.79 Å². The minimum Gasteiger partial charge on any atom is -0.318 e. The molecule has 36 heavy (non-hydrogen) atoms. The molecule has 0 atom stereocenters. The first-order valence-corrected chi connectivity index (χ1v) is 11.9. The largest absolute Gasteiger partial charge is 0.318 e. The van der Waals surface area contributed by atoms with E-state index in [2.05, 4.69) is 52.0 Å². The molecule has 3 nitrogen and oxygen atoms in total. The van der Waals surface area contributed by atoms with E-state index < -0.39 is 5.54 Å². The highest BCUT2D eigenvalue weighted by Crippen LogP contribution is 2.40. The van der Waals surface area contributed by atoms with E-state index in [1.54, 1.807) is 6.33 Å². The number of hydrogen-bond donors (Lipinski definition) is 0. The minimum absolute atomic E-state index is 0.105. The van der Waals surface area contributed by atoms with E-state index in [1.807, 2.05) is 97.2 Å². The third-order valence-corrected chi connectivity index (χ3v) is 6.72. The monoisotopic (exact) mass is 463 g/mol. The van der Waals surface area contributed by atoms with Gasteiger partial charge in [-0.2, -0.15) is 0 Å². The van der Waals surface area contributed by atoms with Gasteiger partial charge >= 0.3 is 0 Å². The normalized spacial score (nSPS) is 11.4. The molecule has 0 bridgehead atoms. The number of nitrogens with zero attached hydrogens (tertiary/aromatic N) is 2. The van der Waals surface area contributed by atoms with Gasteiger partial charge in [-0.05, 0) is 45.7 Å². The maximum absolute atomic E-state index is 13.6. The van der Waals surface area contributed by atoms with Crippen LogP contribution in [-0.4, -0.2) is 15.3 Å². The lowest BCUT2D eigenvalue weighted by molar-refractivity contribution is 0.103. The number of ketones is 1. The summed E-state index contributed by atoms with van der Waals surface area (Å²) in [5.41, 5.74) is 3.57. The van der Waals surface area contributed by atoms with Gasteiger partial charge in [-0.15, -0.1) is 0 Å². The van der Waals surface area contributed by atoms with Gasteiger partial charge in [0.05, 0.1) is 6.33 Å². The smallest absolute Gasteiger partial charge is 0.212 e. The van der Waals surface area contributed by atoms with Gasteiger partial charge in [0.2, 0.25) is 5.78 Å². The fourth-order valence-electron chi connectivity index (χ4n) is 5.02. The number of benzene rings is 5. The SMILES string of the molecule is O=C(c1ccc2c[c]ccc2c1)c1cn(C(c2ccccc2)(c2ccccc2)c2ccccc2)cn1. The van der Waals surface area contributed by atoms with E-state index in [4.69, 9.17) is 0 Å². The van der Waals surface area contributed by atoms with Crippen LogP contribution in [0.4, 0.5) is 0 Å². The number of carbonyl (C=O) groups is 1. The Morgan fingerprint density at radius 2 is 1.28 bits per heavy atom. The second-order valence-corrected chi connectivity index (χ2v) is 8.79. The third kappa shape index (κ3) is 3.62. The van der Waals surface area contributed by atoms with Crippen molar-refractivity contribution in [3.8, 4) is 0 Å². The Kier molecular flexibility index (Phi) is 5.51. The van der Waals surface area contributed by atoms with Crippen molar-refractivity contribution in [3.05, 3.63) is 174 Å². The van der Waals surface area contributed by atoms with E-state index in [9.17, 15) is 4.79 Å². The van der Waals surface area contributed by atoms with Crippen LogP contribution in [0.1, 0.15) is 32.7 Å². The Hall–Kier alpha value is -4.76. The molecule has 0 saturated carbocycles. The third-order valence-electron chi connectivity index (χ3n) is 6.72. The molecule has 1 aromatic heterocycles. The van der Waals surface area contributed by atoms with Gasteiger partial charge in [0, 0.05) is 11.8 Å².